The van der Waals surface area contributed by atoms with Crippen molar-refractivity contribution in [1.29, 1.82) is 0 Å². The van der Waals surface area contributed by atoms with Crippen LogP contribution in [0.4, 0.5) is 8.78 Å². The van der Waals surface area contributed by atoms with Crippen LogP contribution in [0.25, 0.3) is 16.9 Å². The van der Waals surface area contributed by atoms with Gasteiger partial charge in [-0.3, -0.25) is 0 Å². The number of nitrogens with zero attached hydrogens (tertiary/aromatic N) is 3. The number of ether oxygens (including phenoxy) is 1. The normalized spacial score (nSPS) is 11.0. The summed E-state index contributed by atoms with van der Waals surface area (Å²) in [5, 5.41) is 4.21. The van der Waals surface area contributed by atoms with Crippen molar-refractivity contribution in [3.8, 4) is 11.3 Å². The Balaban J connectivity index is 2.31. The van der Waals surface area contributed by atoms with Crippen LogP contribution in [0, 0.1) is 18.6 Å². The number of aryl methyl sites for hydroxylation is 1. The lowest BCUT2D eigenvalue weighted by atomic mass is 10.1. The van der Waals surface area contributed by atoms with Gasteiger partial charge in [-0.1, -0.05) is 0 Å². The molecule has 7 heteroatoms. The average Bonchev–Trinajstić information content (AvgIpc) is 2.85. The van der Waals surface area contributed by atoms with E-state index < -0.39 is 17.6 Å². The summed E-state index contributed by atoms with van der Waals surface area (Å²) in [6.07, 6.45) is 1.62. The first-order valence-corrected chi connectivity index (χ1v) is 6.99. The molecule has 0 saturated carbocycles. The molecule has 118 valence electrons. The van der Waals surface area contributed by atoms with Crippen LogP contribution in [0.5, 0.6) is 0 Å². The molecule has 0 atom stereocenters. The molecule has 3 rings (SSSR count). The number of esters is 1. The number of rotatable bonds is 3. The van der Waals surface area contributed by atoms with E-state index in [4.69, 9.17) is 4.74 Å². The molecule has 0 saturated heterocycles. The second kappa shape index (κ2) is 5.75. The number of hydrogen-bond acceptors (Lipinski definition) is 4. The fourth-order valence-electron chi connectivity index (χ4n) is 2.28. The third kappa shape index (κ3) is 2.65. The van der Waals surface area contributed by atoms with Crippen molar-refractivity contribution in [1.82, 2.24) is 14.6 Å². The van der Waals surface area contributed by atoms with Crippen LogP contribution in [0.3, 0.4) is 0 Å². The predicted octanol–water partition coefficient (Wildman–Crippen LogP) is 3.16. The predicted molar refractivity (Wildman–Crippen MR) is 79.0 cm³/mol. The topological polar surface area (TPSA) is 56.5 Å². The van der Waals surface area contributed by atoms with Crippen molar-refractivity contribution in [2.45, 2.75) is 13.8 Å². The minimum absolute atomic E-state index is 0.0117. The summed E-state index contributed by atoms with van der Waals surface area (Å²) in [4.78, 5) is 16.6. The SMILES string of the molecule is CCOC(=O)c1c(-c2ccc(F)cc2F)nn2ccc(C)nc12. The second-order valence-electron chi connectivity index (χ2n) is 4.91. The minimum Gasteiger partial charge on any atom is -0.462 e. The maximum atomic E-state index is 14.1. The number of hydrogen-bond donors (Lipinski definition) is 0. The Hall–Kier alpha value is -2.83. The lowest BCUT2D eigenvalue weighted by Gasteiger charge is -2.04. The quantitative estimate of drug-likeness (QED) is 0.696. The van der Waals surface area contributed by atoms with Crippen LogP contribution in [0.15, 0.2) is 30.5 Å². The molecular weight excluding hydrogens is 304 g/mol. The third-order valence-electron chi connectivity index (χ3n) is 3.29. The zero-order chi connectivity index (χ0) is 16.6. The Labute approximate surface area is 130 Å². The molecule has 0 aliphatic heterocycles. The zero-order valence-corrected chi connectivity index (χ0v) is 12.5. The van der Waals surface area contributed by atoms with Crippen LogP contribution in [-0.4, -0.2) is 27.2 Å². The third-order valence-corrected chi connectivity index (χ3v) is 3.29. The van der Waals surface area contributed by atoms with E-state index in [-0.39, 0.29) is 29.1 Å². The monoisotopic (exact) mass is 317 g/mol. The van der Waals surface area contributed by atoms with Gasteiger partial charge in [-0.25, -0.2) is 23.1 Å². The van der Waals surface area contributed by atoms with Crippen LogP contribution < -0.4 is 0 Å². The largest absolute Gasteiger partial charge is 0.462 e. The molecule has 0 bridgehead atoms. The van der Waals surface area contributed by atoms with Crippen LogP contribution in [-0.2, 0) is 4.74 Å². The molecule has 0 aliphatic rings. The van der Waals surface area contributed by atoms with Gasteiger partial charge in [-0.2, -0.15) is 5.10 Å². The van der Waals surface area contributed by atoms with E-state index in [2.05, 4.69) is 10.1 Å². The van der Waals surface area contributed by atoms with Gasteiger partial charge >= 0.3 is 5.97 Å². The highest BCUT2D eigenvalue weighted by Gasteiger charge is 2.25. The second-order valence-corrected chi connectivity index (χ2v) is 4.91. The molecule has 0 fully saturated rings. The summed E-state index contributed by atoms with van der Waals surface area (Å²) in [5.74, 6) is -2.17. The zero-order valence-electron chi connectivity index (χ0n) is 12.5. The van der Waals surface area contributed by atoms with Gasteiger partial charge in [0, 0.05) is 23.5 Å². The van der Waals surface area contributed by atoms with Gasteiger partial charge in [-0.15, -0.1) is 0 Å². The van der Waals surface area contributed by atoms with Crippen molar-refractivity contribution in [3.05, 3.63) is 53.4 Å². The number of benzene rings is 1. The number of halogens is 2. The Morgan fingerprint density at radius 2 is 2.09 bits per heavy atom. The molecule has 0 N–H and O–H groups in total. The number of fused-ring (bicyclic) bond motifs is 1. The van der Waals surface area contributed by atoms with Crippen molar-refractivity contribution in [2.24, 2.45) is 0 Å². The van der Waals surface area contributed by atoms with Gasteiger partial charge in [0.05, 0.1) is 6.61 Å². The summed E-state index contributed by atoms with van der Waals surface area (Å²) < 4.78 is 33.6. The van der Waals surface area contributed by atoms with E-state index in [1.165, 1.54) is 10.6 Å². The first-order chi connectivity index (χ1) is 11.0. The van der Waals surface area contributed by atoms with Gasteiger partial charge < -0.3 is 4.74 Å². The Morgan fingerprint density at radius 3 is 2.78 bits per heavy atom. The molecule has 5 nitrogen and oxygen atoms in total. The van der Waals surface area contributed by atoms with Crippen molar-refractivity contribution in [3.63, 3.8) is 0 Å². The molecule has 2 heterocycles. The molecule has 0 amide bonds. The summed E-state index contributed by atoms with van der Waals surface area (Å²) in [6, 6.07) is 4.80. The number of aromatic nitrogens is 3. The fourth-order valence-corrected chi connectivity index (χ4v) is 2.28. The van der Waals surface area contributed by atoms with E-state index in [1.807, 2.05) is 0 Å². The first kappa shape index (κ1) is 15.1. The van der Waals surface area contributed by atoms with E-state index >= 15 is 0 Å². The average molecular weight is 317 g/mol. The standard InChI is InChI=1S/C16H13F2N3O2/c1-3-23-16(22)13-14(11-5-4-10(17)8-12(11)18)20-21-7-6-9(2)19-15(13)21/h4-8H,3H2,1-2H3. The maximum absolute atomic E-state index is 14.1. The Morgan fingerprint density at radius 1 is 1.30 bits per heavy atom. The van der Waals surface area contributed by atoms with E-state index in [0.717, 1.165) is 12.1 Å². The van der Waals surface area contributed by atoms with Gasteiger partial charge in [0.15, 0.2) is 5.65 Å². The number of carbonyl (C=O) groups is 1. The molecular formula is C16H13F2N3O2. The molecule has 0 radical (unpaired) electrons. The highest BCUT2D eigenvalue weighted by molar-refractivity contribution is 6.02. The Bertz CT molecular complexity index is 906. The summed E-state index contributed by atoms with van der Waals surface area (Å²) >= 11 is 0. The lowest BCUT2D eigenvalue weighted by molar-refractivity contribution is 0.0529. The van der Waals surface area contributed by atoms with E-state index in [1.54, 1.807) is 26.1 Å². The van der Waals surface area contributed by atoms with Crippen molar-refractivity contribution < 1.29 is 18.3 Å². The summed E-state index contributed by atoms with van der Waals surface area (Å²) in [5.41, 5.74) is 1.08. The lowest BCUT2D eigenvalue weighted by Crippen LogP contribution is -2.07. The molecule has 0 aliphatic carbocycles. The molecule has 1 aromatic carbocycles. The van der Waals surface area contributed by atoms with E-state index in [0.29, 0.717) is 5.69 Å². The molecule has 0 spiro atoms. The highest BCUT2D eigenvalue weighted by Crippen LogP contribution is 2.28. The summed E-state index contributed by atoms with van der Waals surface area (Å²) in [7, 11) is 0. The fraction of sp³-hybridized carbons (Fsp3) is 0.188. The van der Waals surface area contributed by atoms with Crippen molar-refractivity contribution in [2.75, 3.05) is 6.61 Å². The van der Waals surface area contributed by atoms with Gasteiger partial charge in [-0.05, 0) is 32.0 Å². The van der Waals surface area contributed by atoms with Gasteiger partial charge in [0.25, 0.3) is 0 Å². The molecule has 23 heavy (non-hydrogen) atoms. The first-order valence-electron chi connectivity index (χ1n) is 6.99. The summed E-state index contributed by atoms with van der Waals surface area (Å²) in [6.45, 7) is 3.59. The minimum atomic E-state index is -0.810. The number of carbonyl (C=O) groups excluding carboxylic acids is 1. The highest BCUT2D eigenvalue weighted by atomic mass is 19.1. The smallest absolute Gasteiger partial charge is 0.344 e. The molecule has 2 aromatic heterocycles. The van der Waals surface area contributed by atoms with Crippen LogP contribution in [0.2, 0.25) is 0 Å². The molecule has 0 unspecified atom stereocenters. The van der Waals surface area contributed by atoms with Gasteiger partial charge in [0.2, 0.25) is 0 Å². The van der Waals surface area contributed by atoms with Crippen LogP contribution >= 0.6 is 0 Å². The maximum Gasteiger partial charge on any atom is 0.344 e. The Kier molecular flexibility index (Phi) is 3.77. The van der Waals surface area contributed by atoms with Crippen molar-refractivity contribution >= 4 is 11.6 Å². The molecule has 3 aromatic rings. The van der Waals surface area contributed by atoms with Gasteiger partial charge in [0.1, 0.15) is 22.9 Å². The van der Waals surface area contributed by atoms with E-state index in [9.17, 15) is 13.6 Å². The van der Waals surface area contributed by atoms with Crippen LogP contribution in [0.1, 0.15) is 23.0 Å².